The Morgan fingerprint density at radius 3 is 2.41 bits per heavy atom. The molecule has 32 heavy (non-hydrogen) atoms. The van der Waals surface area contributed by atoms with Gasteiger partial charge < -0.3 is 10.1 Å². The van der Waals surface area contributed by atoms with E-state index >= 15 is 0 Å². The van der Waals surface area contributed by atoms with Crippen LogP contribution in [0.25, 0.3) is 0 Å². The molecule has 0 fully saturated rings. The molecule has 0 aromatic rings. The fraction of sp³-hybridized carbons (Fsp3) is 0.609. The third-order valence-electron chi connectivity index (χ3n) is 6.01. The van der Waals surface area contributed by atoms with Crippen molar-refractivity contribution in [2.75, 3.05) is 0 Å². The van der Waals surface area contributed by atoms with E-state index in [0.29, 0.717) is 18.3 Å². The number of hydrogen-bond donors (Lipinski definition) is 1. The first kappa shape index (κ1) is 26.1. The molecule has 0 spiro atoms. The second-order valence-corrected chi connectivity index (χ2v) is 8.58. The molecular formula is C23H29F6NO2. The summed E-state index contributed by atoms with van der Waals surface area (Å²) >= 11 is 0. The second-order valence-electron chi connectivity index (χ2n) is 8.58. The highest BCUT2D eigenvalue weighted by Gasteiger charge is 2.41. The van der Waals surface area contributed by atoms with Gasteiger partial charge in [-0.25, -0.2) is 13.2 Å². The first-order valence-electron chi connectivity index (χ1n) is 10.5. The summed E-state index contributed by atoms with van der Waals surface area (Å²) in [5, 5.41) is 2.69. The van der Waals surface area contributed by atoms with Crippen molar-refractivity contribution < 1.29 is 35.9 Å². The smallest absolute Gasteiger partial charge is 0.419 e. The van der Waals surface area contributed by atoms with Crippen LogP contribution in [0.15, 0.2) is 46.7 Å². The van der Waals surface area contributed by atoms with Gasteiger partial charge in [-0.3, -0.25) is 4.79 Å². The van der Waals surface area contributed by atoms with E-state index in [9.17, 15) is 31.1 Å². The summed E-state index contributed by atoms with van der Waals surface area (Å²) in [4.78, 5) is 12.5. The van der Waals surface area contributed by atoms with Crippen LogP contribution in [0.2, 0.25) is 0 Å². The number of allylic oxidation sites excluding steroid dienone is 6. The summed E-state index contributed by atoms with van der Waals surface area (Å²) in [5.74, 6) is -2.69. The minimum atomic E-state index is -4.75. The summed E-state index contributed by atoms with van der Waals surface area (Å²) in [7, 11) is 0. The molecule has 180 valence electrons. The molecule has 0 aromatic carbocycles. The Hall–Kier alpha value is -2.19. The van der Waals surface area contributed by atoms with E-state index in [2.05, 4.69) is 5.32 Å². The van der Waals surface area contributed by atoms with Gasteiger partial charge in [0, 0.05) is 24.8 Å². The maximum atomic E-state index is 14.6. The molecule has 0 aliphatic heterocycles. The molecule has 2 rings (SSSR count). The fourth-order valence-corrected chi connectivity index (χ4v) is 3.78. The maximum absolute atomic E-state index is 14.6. The Morgan fingerprint density at radius 2 is 1.91 bits per heavy atom. The molecule has 2 aliphatic carbocycles. The quantitative estimate of drug-likeness (QED) is 0.357. The Balaban J connectivity index is 2.16. The van der Waals surface area contributed by atoms with E-state index in [-0.39, 0.29) is 30.1 Å². The number of hydrogen-bond acceptors (Lipinski definition) is 2. The van der Waals surface area contributed by atoms with Gasteiger partial charge in [-0.2, -0.15) is 13.2 Å². The lowest BCUT2D eigenvalue weighted by Crippen LogP contribution is -2.46. The fourth-order valence-electron chi connectivity index (χ4n) is 3.78. The van der Waals surface area contributed by atoms with Crippen molar-refractivity contribution in [2.24, 2.45) is 11.8 Å². The highest BCUT2D eigenvalue weighted by atomic mass is 19.4. The van der Waals surface area contributed by atoms with Gasteiger partial charge in [0.2, 0.25) is 5.91 Å². The van der Waals surface area contributed by atoms with Crippen LogP contribution in [-0.4, -0.2) is 30.0 Å². The second kappa shape index (κ2) is 9.75. The van der Waals surface area contributed by atoms with Crippen LogP contribution >= 0.6 is 0 Å². The van der Waals surface area contributed by atoms with E-state index in [1.807, 2.05) is 0 Å². The molecule has 1 N–H and O–H groups in total. The molecule has 0 saturated heterocycles. The van der Waals surface area contributed by atoms with Crippen LogP contribution in [0, 0.1) is 11.8 Å². The lowest BCUT2D eigenvalue weighted by molar-refractivity contribution is -0.120. The van der Waals surface area contributed by atoms with Crippen LogP contribution in [0.4, 0.5) is 26.3 Å². The number of amides is 1. The molecule has 0 aromatic heterocycles. The Kier molecular flexibility index (Phi) is 7.94. The Morgan fingerprint density at radius 1 is 1.28 bits per heavy atom. The first-order valence-corrected chi connectivity index (χ1v) is 10.5. The van der Waals surface area contributed by atoms with Gasteiger partial charge in [0.1, 0.15) is 23.5 Å². The van der Waals surface area contributed by atoms with Crippen molar-refractivity contribution in [1.29, 1.82) is 0 Å². The average Bonchev–Trinajstić information content (AvgIpc) is 2.66. The van der Waals surface area contributed by atoms with Gasteiger partial charge in [0.15, 0.2) is 5.67 Å². The Labute approximate surface area is 184 Å². The highest BCUT2D eigenvalue weighted by molar-refractivity contribution is 5.95. The van der Waals surface area contributed by atoms with Gasteiger partial charge in [0.25, 0.3) is 0 Å². The number of ether oxygens (including phenoxy) is 1. The van der Waals surface area contributed by atoms with Crippen LogP contribution < -0.4 is 5.32 Å². The van der Waals surface area contributed by atoms with Crippen molar-refractivity contribution in [3.05, 3.63) is 46.7 Å². The zero-order valence-electron chi connectivity index (χ0n) is 18.7. The number of halogens is 6. The molecule has 0 bridgehead atoms. The largest absolute Gasteiger partial charge is 0.466 e. The SMILES string of the molecule is CC=C(C(=O)NC1CCC(OC2=C(C(F)(F)F)C=C(F)C(C)C2)=CC1C)C(C)(F)C(C)F. The number of carbonyl (C=O) groups is 1. The standard InChI is InChI=1S/C23H29F6NO2/c1-6-16(22(5,26)14(4)24)21(31)30-19-8-7-15(9-13(19)3)32-20-10-12(2)18(25)11-17(20)23(27,28)29/h6,9,11-14,19H,7-8,10H2,1-5H3,(H,30,31). The Bertz CT molecular complexity index is 851. The zero-order chi connectivity index (χ0) is 24.4. The van der Waals surface area contributed by atoms with Crippen molar-refractivity contribution in [1.82, 2.24) is 5.32 Å². The summed E-state index contributed by atoms with van der Waals surface area (Å²) in [6, 6.07) is -0.436. The number of alkyl halides is 5. The number of carbonyl (C=O) groups excluding carboxylic acids is 1. The third-order valence-corrected chi connectivity index (χ3v) is 6.01. The minimum absolute atomic E-state index is 0.218. The van der Waals surface area contributed by atoms with Crippen molar-refractivity contribution in [3.8, 4) is 0 Å². The van der Waals surface area contributed by atoms with E-state index in [1.165, 1.54) is 19.9 Å². The minimum Gasteiger partial charge on any atom is -0.466 e. The van der Waals surface area contributed by atoms with Crippen molar-refractivity contribution >= 4 is 5.91 Å². The van der Waals surface area contributed by atoms with Gasteiger partial charge in [-0.15, -0.1) is 0 Å². The van der Waals surface area contributed by atoms with Crippen LogP contribution in [0.5, 0.6) is 0 Å². The summed E-state index contributed by atoms with van der Waals surface area (Å²) in [6.45, 7) is 6.68. The van der Waals surface area contributed by atoms with Crippen molar-refractivity contribution in [3.63, 3.8) is 0 Å². The van der Waals surface area contributed by atoms with Gasteiger partial charge >= 0.3 is 6.18 Å². The molecule has 2 aliphatic rings. The normalized spacial score (nSPS) is 27.8. The van der Waals surface area contributed by atoms with E-state index in [1.54, 1.807) is 13.0 Å². The van der Waals surface area contributed by atoms with Gasteiger partial charge in [-0.1, -0.05) is 19.9 Å². The van der Waals surface area contributed by atoms with Crippen LogP contribution in [0.3, 0.4) is 0 Å². The molecule has 9 heteroatoms. The summed E-state index contributed by atoms with van der Waals surface area (Å²) in [5.41, 5.74) is -3.92. The van der Waals surface area contributed by atoms with Crippen molar-refractivity contribution in [2.45, 2.75) is 77.9 Å². The van der Waals surface area contributed by atoms with E-state index in [4.69, 9.17) is 4.74 Å². The van der Waals surface area contributed by atoms with E-state index < -0.39 is 47.3 Å². The molecule has 1 amide bonds. The average molecular weight is 465 g/mol. The van der Waals surface area contributed by atoms with Crippen LogP contribution in [0.1, 0.15) is 53.9 Å². The summed E-state index contributed by atoms with van der Waals surface area (Å²) < 4.78 is 87.5. The van der Waals surface area contributed by atoms with E-state index in [0.717, 1.165) is 13.8 Å². The summed E-state index contributed by atoms with van der Waals surface area (Å²) in [6.07, 6.45) is -3.01. The molecular weight excluding hydrogens is 436 g/mol. The molecule has 5 atom stereocenters. The molecule has 3 nitrogen and oxygen atoms in total. The predicted octanol–water partition coefficient (Wildman–Crippen LogP) is 6.54. The van der Waals surface area contributed by atoms with Crippen LogP contribution in [-0.2, 0) is 9.53 Å². The third kappa shape index (κ3) is 5.78. The molecule has 0 heterocycles. The van der Waals surface area contributed by atoms with Gasteiger partial charge in [0.05, 0.1) is 11.1 Å². The molecule has 0 saturated carbocycles. The first-order chi connectivity index (χ1) is 14.7. The predicted molar refractivity (Wildman–Crippen MR) is 109 cm³/mol. The number of nitrogens with one attached hydrogen (secondary N) is 1. The molecule has 5 unspecified atom stereocenters. The highest BCUT2D eigenvalue weighted by Crippen LogP contribution is 2.40. The maximum Gasteiger partial charge on any atom is 0.419 e. The molecule has 0 radical (unpaired) electrons. The monoisotopic (exact) mass is 465 g/mol. The lowest BCUT2D eigenvalue weighted by Gasteiger charge is -2.32. The lowest BCUT2D eigenvalue weighted by atomic mass is 9.88. The van der Waals surface area contributed by atoms with Gasteiger partial charge in [-0.05, 0) is 45.3 Å². The zero-order valence-corrected chi connectivity index (χ0v) is 18.7. The number of rotatable bonds is 6. The topological polar surface area (TPSA) is 38.3 Å².